The topological polar surface area (TPSA) is 98.3 Å². The zero-order valence-electron chi connectivity index (χ0n) is 10.7. The second-order valence-corrected chi connectivity index (χ2v) is 5.59. The molecule has 0 spiro atoms. The number of aromatic carboxylic acids is 1. The molecule has 0 unspecified atom stereocenters. The van der Waals surface area contributed by atoms with Gasteiger partial charge in [0, 0.05) is 27.9 Å². The zero-order valence-corrected chi connectivity index (χ0v) is 12.3. The summed E-state index contributed by atoms with van der Waals surface area (Å²) in [4.78, 5) is 21.7. The van der Waals surface area contributed by atoms with Crippen LogP contribution in [-0.4, -0.2) is 25.8 Å². The van der Waals surface area contributed by atoms with Crippen LogP contribution in [0.4, 0.5) is 5.69 Å². The standard InChI is InChI=1S/C13H10BrN3O4/c14-9-5-4-7(17(20)21)6-11(9)16-10-3-1-2-8(10)12(15-16)13(18)19/h4-6H,1-3H2,(H,18,19). The summed E-state index contributed by atoms with van der Waals surface area (Å²) in [6.45, 7) is 0. The summed E-state index contributed by atoms with van der Waals surface area (Å²) >= 11 is 3.34. The number of halogens is 1. The van der Waals surface area contributed by atoms with Gasteiger partial charge >= 0.3 is 5.97 Å². The minimum atomic E-state index is -1.08. The van der Waals surface area contributed by atoms with Crippen LogP contribution in [0.3, 0.4) is 0 Å². The van der Waals surface area contributed by atoms with E-state index >= 15 is 0 Å². The molecule has 0 atom stereocenters. The molecule has 1 heterocycles. The first-order chi connectivity index (χ1) is 9.99. The lowest BCUT2D eigenvalue weighted by Crippen LogP contribution is -2.05. The summed E-state index contributed by atoms with van der Waals surface area (Å²) in [6.07, 6.45) is 2.24. The largest absolute Gasteiger partial charge is 0.476 e. The molecule has 1 N–H and O–H groups in total. The molecule has 0 amide bonds. The maximum atomic E-state index is 11.3. The van der Waals surface area contributed by atoms with Crippen LogP contribution in [0.25, 0.3) is 5.69 Å². The number of rotatable bonds is 3. The third-order valence-corrected chi connectivity index (χ3v) is 4.17. The smallest absolute Gasteiger partial charge is 0.356 e. The van der Waals surface area contributed by atoms with Crippen molar-refractivity contribution in [3.05, 3.63) is 49.7 Å². The Bertz CT molecular complexity index is 769. The van der Waals surface area contributed by atoms with Crippen molar-refractivity contribution in [1.29, 1.82) is 0 Å². The normalized spacial score (nSPS) is 13.2. The highest BCUT2D eigenvalue weighted by molar-refractivity contribution is 9.10. The average molecular weight is 352 g/mol. The van der Waals surface area contributed by atoms with Gasteiger partial charge in [-0.25, -0.2) is 9.48 Å². The molecular weight excluding hydrogens is 342 g/mol. The predicted molar refractivity (Wildman–Crippen MR) is 76.9 cm³/mol. The number of fused-ring (bicyclic) bond motifs is 1. The Morgan fingerprint density at radius 2 is 2.19 bits per heavy atom. The number of non-ortho nitro benzene ring substituents is 1. The summed E-state index contributed by atoms with van der Waals surface area (Å²) in [5, 5.41) is 24.3. The number of nitro groups is 1. The molecule has 1 aromatic heterocycles. The Morgan fingerprint density at radius 1 is 1.43 bits per heavy atom. The van der Waals surface area contributed by atoms with Crippen molar-refractivity contribution in [2.45, 2.75) is 19.3 Å². The first-order valence-corrected chi connectivity index (χ1v) is 7.06. The summed E-state index contributed by atoms with van der Waals surface area (Å²) in [6, 6.07) is 4.34. The summed E-state index contributed by atoms with van der Waals surface area (Å²) in [5.74, 6) is -1.08. The number of hydrogen-bond acceptors (Lipinski definition) is 4. The molecule has 0 bridgehead atoms. The van der Waals surface area contributed by atoms with Crippen LogP contribution in [0.5, 0.6) is 0 Å². The molecule has 21 heavy (non-hydrogen) atoms. The Hall–Kier alpha value is -2.22. The number of hydrogen-bond donors (Lipinski definition) is 1. The summed E-state index contributed by atoms with van der Waals surface area (Å²) in [5.41, 5.74) is 1.98. The molecule has 7 nitrogen and oxygen atoms in total. The fourth-order valence-corrected chi connectivity index (χ4v) is 3.00. The van der Waals surface area contributed by atoms with Crippen LogP contribution >= 0.6 is 15.9 Å². The molecule has 1 aliphatic rings. The van der Waals surface area contributed by atoms with Gasteiger partial charge in [-0.1, -0.05) is 0 Å². The molecule has 0 saturated carbocycles. The van der Waals surface area contributed by atoms with E-state index in [4.69, 9.17) is 0 Å². The minimum Gasteiger partial charge on any atom is -0.476 e. The van der Waals surface area contributed by atoms with E-state index in [1.807, 2.05) is 0 Å². The predicted octanol–water partition coefficient (Wildman–Crippen LogP) is 2.73. The van der Waals surface area contributed by atoms with Gasteiger partial charge in [0.15, 0.2) is 5.69 Å². The third kappa shape index (κ3) is 2.21. The fourth-order valence-electron chi connectivity index (χ4n) is 2.59. The summed E-state index contributed by atoms with van der Waals surface area (Å²) in [7, 11) is 0. The molecule has 8 heteroatoms. The first kappa shape index (κ1) is 13.7. The van der Waals surface area contributed by atoms with Gasteiger partial charge < -0.3 is 5.11 Å². The maximum absolute atomic E-state index is 11.3. The second-order valence-electron chi connectivity index (χ2n) is 4.74. The van der Waals surface area contributed by atoms with Crippen LogP contribution in [0.15, 0.2) is 22.7 Å². The van der Waals surface area contributed by atoms with E-state index in [2.05, 4.69) is 21.0 Å². The fraction of sp³-hybridized carbons (Fsp3) is 0.231. The highest BCUT2D eigenvalue weighted by Gasteiger charge is 2.27. The van der Waals surface area contributed by atoms with E-state index in [0.29, 0.717) is 23.0 Å². The van der Waals surface area contributed by atoms with Crippen molar-refractivity contribution in [1.82, 2.24) is 9.78 Å². The van der Waals surface area contributed by atoms with E-state index < -0.39 is 10.9 Å². The molecular formula is C13H10BrN3O4. The van der Waals surface area contributed by atoms with Crippen molar-refractivity contribution < 1.29 is 14.8 Å². The summed E-state index contributed by atoms with van der Waals surface area (Å²) < 4.78 is 2.13. The molecule has 0 aliphatic heterocycles. The van der Waals surface area contributed by atoms with Crippen LogP contribution in [0, 0.1) is 10.1 Å². The lowest BCUT2D eigenvalue weighted by Gasteiger charge is -2.07. The molecule has 2 aromatic rings. The highest BCUT2D eigenvalue weighted by atomic mass is 79.9. The number of benzene rings is 1. The monoisotopic (exact) mass is 351 g/mol. The number of aromatic nitrogens is 2. The van der Waals surface area contributed by atoms with Crippen molar-refractivity contribution >= 4 is 27.6 Å². The van der Waals surface area contributed by atoms with Crippen LogP contribution in [0.2, 0.25) is 0 Å². The first-order valence-electron chi connectivity index (χ1n) is 6.27. The zero-order chi connectivity index (χ0) is 15.1. The van der Waals surface area contributed by atoms with Crippen molar-refractivity contribution in [2.24, 2.45) is 0 Å². The average Bonchev–Trinajstić information content (AvgIpc) is 3.00. The molecule has 0 radical (unpaired) electrons. The number of carbonyl (C=O) groups is 1. The van der Waals surface area contributed by atoms with E-state index in [-0.39, 0.29) is 11.4 Å². The highest BCUT2D eigenvalue weighted by Crippen LogP contribution is 2.32. The van der Waals surface area contributed by atoms with Gasteiger partial charge in [0.1, 0.15) is 0 Å². The molecule has 108 valence electrons. The quantitative estimate of drug-likeness (QED) is 0.677. The van der Waals surface area contributed by atoms with Crippen molar-refractivity contribution in [3.8, 4) is 5.69 Å². The van der Waals surface area contributed by atoms with Gasteiger partial charge in [0.25, 0.3) is 5.69 Å². The van der Waals surface area contributed by atoms with Gasteiger partial charge in [0.2, 0.25) is 0 Å². The molecule has 1 aromatic carbocycles. The van der Waals surface area contributed by atoms with Crippen LogP contribution < -0.4 is 0 Å². The van der Waals surface area contributed by atoms with Gasteiger partial charge in [-0.2, -0.15) is 5.10 Å². The Morgan fingerprint density at radius 3 is 2.86 bits per heavy atom. The second kappa shape index (κ2) is 4.96. The number of carboxylic acid groups (broad SMARTS) is 1. The molecule has 3 rings (SSSR count). The van der Waals surface area contributed by atoms with Crippen molar-refractivity contribution in [2.75, 3.05) is 0 Å². The van der Waals surface area contributed by atoms with Gasteiger partial charge in [-0.3, -0.25) is 10.1 Å². The number of nitrogens with zero attached hydrogens (tertiary/aromatic N) is 3. The lowest BCUT2D eigenvalue weighted by atomic mass is 10.2. The maximum Gasteiger partial charge on any atom is 0.356 e. The van der Waals surface area contributed by atoms with Gasteiger partial charge in [-0.15, -0.1) is 0 Å². The van der Waals surface area contributed by atoms with Crippen LogP contribution in [-0.2, 0) is 12.8 Å². The number of carboxylic acids is 1. The van der Waals surface area contributed by atoms with Crippen LogP contribution in [0.1, 0.15) is 28.2 Å². The minimum absolute atomic E-state index is 0.0286. The van der Waals surface area contributed by atoms with E-state index in [1.165, 1.54) is 16.8 Å². The van der Waals surface area contributed by atoms with Crippen molar-refractivity contribution in [3.63, 3.8) is 0 Å². The lowest BCUT2D eigenvalue weighted by molar-refractivity contribution is -0.384. The SMILES string of the molecule is O=C(O)c1nn(-c2cc([N+](=O)[O-])ccc2Br)c2c1CCC2. The molecule has 1 aliphatic carbocycles. The number of nitro benzene ring substituents is 1. The molecule has 0 fully saturated rings. The van der Waals surface area contributed by atoms with Gasteiger partial charge in [-0.05, 0) is 41.3 Å². The Balaban J connectivity index is 2.22. The Labute approximate surface area is 127 Å². The molecule has 0 saturated heterocycles. The Kier molecular flexibility index (Phi) is 3.25. The van der Waals surface area contributed by atoms with E-state index in [9.17, 15) is 20.0 Å². The van der Waals surface area contributed by atoms with Gasteiger partial charge in [0.05, 0.1) is 10.6 Å². The van der Waals surface area contributed by atoms with E-state index in [1.54, 1.807) is 6.07 Å². The van der Waals surface area contributed by atoms with E-state index in [0.717, 1.165) is 17.7 Å². The third-order valence-electron chi connectivity index (χ3n) is 3.50.